The van der Waals surface area contributed by atoms with E-state index in [1.807, 2.05) is 4.72 Å². The Bertz CT molecular complexity index is 940. The predicted molar refractivity (Wildman–Crippen MR) is 90.9 cm³/mol. The highest BCUT2D eigenvalue weighted by Crippen LogP contribution is 2.36. The Kier molecular flexibility index (Phi) is 6.15. The standard InChI is InChI=1S/C14H16ClF3N2O5S2/c1-26(22,23)19-13(21)9-4-6-20(7-5-9)27(24,25)10-2-3-12(15)11(8-10)14(16,17)18/h2-3,8-9H,4-7H2,1H3,(H,19,21). The van der Waals surface area contributed by atoms with Gasteiger partial charge in [-0.15, -0.1) is 0 Å². The van der Waals surface area contributed by atoms with Gasteiger partial charge in [0.05, 0.1) is 21.7 Å². The van der Waals surface area contributed by atoms with Crippen molar-refractivity contribution in [1.29, 1.82) is 0 Å². The molecular weight excluding hydrogens is 433 g/mol. The molecule has 1 aromatic carbocycles. The fourth-order valence-electron chi connectivity index (χ4n) is 2.66. The van der Waals surface area contributed by atoms with E-state index in [4.69, 9.17) is 11.6 Å². The molecule has 0 spiro atoms. The Morgan fingerprint density at radius 2 is 1.74 bits per heavy atom. The molecule has 0 unspecified atom stereocenters. The lowest BCUT2D eigenvalue weighted by Crippen LogP contribution is -2.44. The molecule has 0 aromatic heterocycles. The van der Waals surface area contributed by atoms with Gasteiger partial charge in [-0.25, -0.2) is 16.8 Å². The summed E-state index contributed by atoms with van der Waals surface area (Å²) in [5, 5.41) is -0.613. The van der Waals surface area contributed by atoms with E-state index in [1.54, 1.807) is 0 Å². The highest BCUT2D eigenvalue weighted by atomic mass is 35.5. The highest BCUT2D eigenvalue weighted by molar-refractivity contribution is 7.89. The molecule has 0 radical (unpaired) electrons. The largest absolute Gasteiger partial charge is 0.417 e. The number of alkyl halides is 3. The maximum absolute atomic E-state index is 12.9. The minimum Gasteiger partial charge on any atom is -0.274 e. The second-order valence-electron chi connectivity index (χ2n) is 6.06. The van der Waals surface area contributed by atoms with Crippen LogP contribution in [0.2, 0.25) is 5.02 Å². The molecule has 1 aliphatic rings. The molecule has 2 rings (SSSR count). The number of rotatable bonds is 4. The van der Waals surface area contributed by atoms with Crippen molar-refractivity contribution in [2.24, 2.45) is 5.92 Å². The fourth-order valence-corrected chi connectivity index (χ4v) is 4.91. The number of piperidine rings is 1. The first-order valence-corrected chi connectivity index (χ1v) is 11.3. The molecule has 27 heavy (non-hydrogen) atoms. The molecule has 1 heterocycles. The van der Waals surface area contributed by atoms with Gasteiger partial charge in [0.1, 0.15) is 0 Å². The summed E-state index contributed by atoms with van der Waals surface area (Å²) in [6, 6.07) is 2.32. The molecule has 13 heteroatoms. The summed E-state index contributed by atoms with van der Waals surface area (Å²) >= 11 is 5.50. The number of hydrogen-bond acceptors (Lipinski definition) is 5. The van der Waals surface area contributed by atoms with Gasteiger partial charge in [0.2, 0.25) is 26.0 Å². The maximum atomic E-state index is 12.9. The average Bonchev–Trinajstić information content (AvgIpc) is 2.52. The summed E-state index contributed by atoms with van der Waals surface area (Å²) < 4.78 is 89.0. The predicted octanol–water partition coefficient (Wildman–Crippen LogP) is 1.84. The van der Waals surface area contributed by atoms with Crippen LogP contribution in [0.5, 0.6) is 0 Å². The number of hydrogen-bond donors (Lipinski definition) is 1. The second-order valence-corrected chi connectivity index (χ2v) is 10.1. The number of sulfonamides is 2. The fraction of sp³-hybridized carbons (Fsp3) is 0.500. The van der Waals surface area contributed by atoms with Gasteiger partial charge in [-0.2, -0.15) is 17.5 Å². The smallest absolute Gasteiger partial charge is 0.274 e. The number of halogens is 4. The molecular formula is C14H16ClF3N2O5S2. The third kappa shape index (κ3) is 5.33. The quantitative estimate of drug-likeness (QED) is 0.757. The molecule has 152 valence electrons. The van der Waals surface area contributed by atoms with Gasteiger partial charge in [-0.05, 0) is 31.0 Å². The molecule has 0 saturated carbocycles. The summed E-state index contributed by atoms with van der Waals surface area (Å²) in [6.07, 6.45) is -3.90. The number of carbonyl (C=O) groups is 1. The Hall–Kier alpha value is -1.37. The number of nitrogens with zero attached hydrogens (tertiary/aromatic N) is 1. The third-order valence-corrected chi connectivity index (χ3v) is 6.79. The molecule has 1 aromatic rings. The monoisotopic (exact) mass is 448 g/mol. The van der Waals surface area contributed by atoms with E-state index in [-0.39, 0.29) is 25.9 Å². The number of amides is 1. The van der Waals surface area contributed by atoms with Gasteiger partial charge in [-0.1, -0.05) is 11.6 Å². The van der Waals surface area contributed by atoms with Gasteiger partial charge in [-0.3, -0.25) is 9.52 Å². The van der Waals surface area contributed by atoms with E-state index in [2.05, 4.69) is 0 Å². The van der Waals surface area contributed by atoms with Crippen molar-refractivity contribution < 1.29 is 34.8 Å². The summed E-state index contributed by atoms with van der Waals surface area (Å²) in [6.45, 7) is -0.262. The molecule has 1 saturated heterocycles. The molecule has 0 aliphatic carbocycles. The zero-order valence-electron chi connectivity index (χ0n) is 14.0. The Labute approximate surface area is 159 Å². The van der Waals surface area contributed by atoms with Crippen LogP contribution in [0.15, 0.2) is 23.1 Å². The summed E-state index contributed by atoms with van der Waals surface area (Å²) in [5.74, 6) is -1.44. The van der Waals surface area contributed by atoms with E-state index in [9.17, 15) is 34.8 Å². The first-order chi connectivity index (χ1) is 12.2. The van der Waals surface area contributed by atoms with Gasteiger partial charge >= 0.3 is 6.18 Å². The summed E-state index contributed by atoms with van der Waals surface area (Å²) in [4.78, 5) is 11.3. The van der Waals surface area contributed by atoms with Crippen LogP contribution in [0.25, 0.3) is 0 Å². The van der Waals surface area contributed by atoms with Gasteiger partial charge < -0.3 is 0 Å². The third-order valence-electron chi connectivity index (χ3n) is 3.99. The van der Waals surface area contributed by atoms with Crippen molar-refractivity contribution >= 4 is 37.6 Å². The SMILES string of the molecule is CS(=O)(=O)NC(=O)C1CCN(S(=O)(=O)c2ccc(Cl)c(C(F)(F)F)c2)CC1. The van der Waals surface area contributed by atoms with Crippen molar-refractivity contribution in [1.82, 2.24) is 9.03 Å². The van der Waals surface area contributed by atoms with E-state index in [1.165, 1.54) is 0 Å². The Morgan fingerprint density at radius 1 is 1.19 bits per heavy atom. The van der Waals surface area contributed by atoms with E-state index in [0.717, 1.165) is 22.7 Å². The van der Waals surface area contributed by atoms with Gasteiger partial charge in [0, 0.05) is 19.0 Å². The summed E-state index contributed by atoms with van der Waals surface area (Å²) in [5.41, 5.74) is -1.26. The van der Waals surface area contributed by atoms with Crippen LogP contribution >= 0.6 is 11.6 Å². The normalized spacial score (nSPS) is 17.7. The molecule has 0 atom stereocenters. The van der Waals surface area contributed by atoms with Crippen molar-refractivity contribution in [2.75, 3.05) is 19.3 Å². The number of carbonyl (C=O) groups excluding carboxylic acids is 1. The van der Waals surface area contributed by atoms with Gasteiger partial charge in [0.25, 0.3) is 0 Å². The molecule has 1 fully saturated rings. The zero-order valence-corrected chi connectivity index (χ0v) is 16.3. The number of nitrogens with one attached hydrogen (secondary N) is 1. The van der Waals surface area contributed by atoms with Crippen molar-refractivity contribution in [3.8, 4) is 0 Å². The van der Waals surface area contributed by atoms with Crippen LogP contribution in [0.4, 0.5) is 13.2 Å². The minimum absolute atomic E-state index is 0.0420. The first kappa shape index (κ1) is 21.9. The lowest BCUT2D eigenvalue weighted by molar-refractivity contribution is -0.137. The molecule has 7 nitrogen and oxygen atoms in total. The lowest BCUT2D eigenvalue weighted by atomic mass is 9.98. The average molecular weight is 449 g/mol. The molecule has 1 amide bonds. The molecule has 1 aliphatic heterocycles. The van der Waals surface area contributed by atoms with Crippen LogP contribution in [0.1, 0.15) is 18.4 Å². The van der Waals surface area contributed by atoms with Crippen LogP contribution in [-0.4, -0.2) is 46.4 Å². The molecule has 0 bridgehead atoms. The second kappa shape index (κ2) is 7.57. The topological polar surface area (TPSA) is 101 Å². The molecule has 1 N–H and O–H groups in total. The number of benzene rings is 1. The summed E-state index contributed by atoms with van der Waals surface area (Å²) in [7, 11) is -7.95. The van der Waals surface area contributed by atoms with E-state index >= 15 is 0 Å². The van der Waals surface area contributed by atoms with Crippen molar-refractivity contribution in [2.45, 2.75) is 23.9 Å². The van der Waals surface area contributed by atoms with Crippen LogP contribution in [0, 0.1) is 5.92 Å². The lowest BCUT2D eigenvalue weighted by Gasteiger charge is -2.30. The zero-order chi connectivity index (χ0) is 20.6. The van der Waals surface area contributed by atoms with Crippen LogP contribution < -0.4 is 4.72 Å². The first-order valence-electron chi connectivity index (χ1n) is 7.60. The Morgan fingerprint density at radius 3 is 2.22 bits per heavy atom. The van der Waals surface area contributed by atoms with Crippen LogP contribution in [0.3, 0.4) is 0 Å². The van der Waals surface area contributed by atoms with Crippen molar-refractivity contribution in [3.05, 3.63) is 28.8 Å². The van der Waals surface area contributed by atoms with E-state index in [0.29, 0.717) is 6.07 Å². The minimum atomic E-state index is -4.81. The van der Waals surface area contributed by atoms with Gasteiger partial charge in [0.15, 0.2) is 0 Å². The van der Waals surface area contributed by atoms with Crippen molar-refractivity contribution in [3.63, 3.8) is 0 Å². The van der Waals surface area contributed by atoms with Crippen LogP contribution in [-0.2, 0) is 31.0 Å². The highest BCUT2D eigenvalue weighted by Gasteiger charge is 2.37. The Balaban J connectivity index is 2.17. The maximum Gasteiger partial charge on any atom is 0.417 e. The van der Waals surface area contributed by atoms with E-state index < -0.39 is 53.5 Å².